The lowest BCUT2D eigenvalue weighted by atomic mass is 10.0. The fourth-order valence-corrected chi connectivity index (χ4v) is 4.53. The molecule has 33 heavy (non-hydrogen) atoms. The summed E-state index contributed by atoms with van der Waals surface area (Å²) in [6.07, 6.45) is 1.22. The highest BCUT2D eigenvalue weighted by molar-refractivity contribution is 7.86. The lowest BCUT2D eigenvalue weighted by Crippen LogP contribution is -2.58. The van der Waals surface area contributed by atoms with Crippen molar-refractivity contribution in [2.45, 2.75) is 46.3 Å². The van der Waals surface area contributed by atoms with Gasteiger partial charge in [0.2, 0.25) is 0 Å². The van der Waals surface area contributed by atoms with E-state index in [1.54, 1.807) is 30.3 Å². The van der Waals surface area contributed by atoms with Crippen molar-refractivity contribution >= 4 is 34.2 Å². The van der Waals surface area contributed by atoms with E-state index in [9.17, 15) is 17.8 Å². The van der Waals surface area contributed by atoms with Crippen molar-refractivity contribution in [2.75, 3.05) is 23.9 Å². The molecule has 9 heteroatoms. The summed E-state index contributed by atoms with van der Waals surface area (Å²) in [5.41, 5.74) is 2.79. The molecule has 2 aromatic carbocycles. The molecule has 0 aliphatic carbocycles. The van der Waals surface area contributed by atoms with Gasteiger partial charge in [0.1, 0.15) is 12.0 Å². The van der Waals surface area contributed by atoms with Crippen LogP contribution < -0.4 is 15.4 Å². The Kier molecular flexibility index (Phi) is 11.9. The maximum Gasteiger partial charge on any atom is 0.387 e. The summed E-state index contributed by atoms with van der Waals surface area (Å²) in [5, 5.41) is 14.2. The van der Waals surface area contributed by atoms with Gasteiger partial charge in [-0.15, -0.1) is 0 Å². The molecule has 1 saturated heterocycles. The van der Waals surface area contributed by atoms with E-state index in [4.69, 9.17) is 5.41 Å². The van der Waals surface area contributed by atoms with Crippen LogP contribution in [-0.2, 0) is 10.8 Å². The van der Waals surface area contributed by atoms with Gasteiger partial charge in [-0.2, -0.15) is 8.78 Å². The molecule has 6 nitrogen and oxygen atoms in total. The fourth-order valence-electron chi connectivity index (χ4n) is 2.90. The van der Waals surface area contributed by atoms with E-state index in [2.05, 4.69) is 22.3 Å². The van der Waals surface area contributed by atoms with E-state index in [0.717, 1.165) is 11.5 Å². The maximum absolute atomic E-state index is 12.3. The zero-order chi connectivity index (χ0) is 25.0. The van der Waals surface area contributed by atoms with Crippen LogP contribution in [0.25, 0.3) is 0 Å². The standard InChI is InChI=1S/C17H16F2N2O2.C5H11NOS.C2H6/c1-2-15(20)14-8-11(10-22)6-7-16(14)21-12-4-3-5-13(9-12)23-17(18)19;1-5(6-2)3-8(7)4-5;1-2/h3-10,17,20-21H,2H2,1H3;6H,3-4H2,1-2H3;1-2H3. The molecule has 0 unspecified atom stereocenters. The smallest absolute Gasteiger partial charge is 0.387 e. The fraction of sp³-hybridized carbons (Fsp3) is 0.417. The molecule has 182 valence electrons. The second kappa shape index (κ2) is 13.8. The third-order valence-corrected chi connectivity index (χ3v) is 6.68. The first-order valence-corrected chi connectivity index (χ1v) is 12.2. The number of ether oxygens (including phenoxy) is 1. The van der Waals surface area contributed by atoms with Crippen molar-refractivity contribution in [3.63, 3.8) is 0 Å². The van der Waals surface area contributed by atoms with Crippen LogP contribution in [0.4, 0.5) is 20.2 Å². The molecule has 0 saturated carbocycles. The van der Waals surface area contributed by atoms with Gasteiger partial charge in [-0.1, -0.05) is 26.8 Å². The van der Waals surface area contributed by atoms with Gasteiger partial charge >= 0.3 is 6.61 Å². The van der Waals surface area contributed by atoms with Crippen molar-refractivity contribution < 1.29 is 22.5 Å². The molecule has 0 amide bonds. The zero-order valence-electron chi connectivity index (χ0n) is 19.7. The summed E-state index contributed by atoms with van der Waals surface area (Å²) >= 11 is 0. The molecular weight excluding hydrogens is 448 g/mol. The molecule has 0 atom stereocenters. The second-order valence-corrected chi connectivity index (χ2v) is 8.78. The van der Waals surface area contributed by atoms with Gasteiger partial charge in [0, 0.05) is 62.1 Å². The first-order valence-electron chi connectivity index (χ1n) is 10.7. The predicted molar refractivity (Wildman–Crippen MR) is 132 cm³/mol. The highest BCUT2D eigenvalue weighted by Gasteiger charge is 2.36. The number of carbonyl (C=O) groups is 1. The van der Waals surface area contributed by atoms with Crippen LogP contribution in [0.1, 0.15) is 50.0 Å². The molecule has 3 N–H and O–H groups in total. The van der Waals surface area contributed by atoms with Crippen LogP contribution in [-0.4, -0.2) is 46.9 Å². The molecule has 1 aliphatic rings. The van der Waals surface area contributed by atoms with E-state index >= 15 is 0 Å². The Morgan fingerprint density at radius 3 is 2.39 bits per heavy atom. The Morgan fingerprint density at radius 1 is 1.24 bits per heavy atom. The topological polar surface area (TPSA) is 91.3 Å². The zero-order valence-corrected chi connectivity index (χ0v) is 20.5. The number of hydrogen-bond acceptors (Lipinski definition) is 6. The van der Waals surface area contributed by atoms with E-state index in [0.29, 0.717) is 40.9 Å². The highest BCUT2D eigenvalue weighted by Crippen LogP contribution is 2.26. The van der Waals surface area contributed by atoms with Gasteiger partial charge in [-0.25, -0.2) is 0 Å². The highest BCUT2D eigenvalue weighted by atomic mass is 32.2. The summed E-state index contributed by atoms with van der Waals surface area (Å²) in [4.78, 5) is 10.9. The van der Waals surface area contributed by atoms with Crippen LogP contribution >= 0.6 is 0 Å². The number of benzene rings is 2. The van der Waals surface area contributed by atoms with Crippen LogP contribution in [0.5, 0.6) is 5.75 Å². The minimum Gasteiger partial charge on any atom is -0.435 e. The molecule has 3 rings (SSSR count). The Labute approximate surface area is 197 Å². The van der Waals surface area contributed by atoms with Gasteiger partial charge in [0.05, 0.1) is 0 Å². The second-order valence-electron chi connectivity index (χ2n) is 7.33. The lowest BCUT2D eigenvalue weighted by molar-refractivity contribution is -0.0498. The number of hydrogen-bond donors (Lipinski definition) is 3. The number of halogens is 2. The number of anilines is 2. The van der Waals surface area contributed by atoms with Crippen LogP contribution in [0.15, 0.2) is 42.5 Å². The minimum absolute atomic E-state index is 0.0432. The maximum atomic E-state index is 12.3. The number of alkyl halides is 2. The van der Waals surface area contributed by atoms with Crippen LogP contribution in [0, 0.1) is 5.41 Å². The van der Waals surface area contributed by atoms with E-state index in [1.807, 2.05) is 27.8 Å². The Bertz CT molecular complexity index is 946. The summed E-state index contributed by atoms with van der Waals surface area (Å²) in [5.74, 6) is 1.69. The Morgan fingerprint density at radius 2 is 1.91 bits per heavy atom. The Hall–Kier alpha value is -2.65. The van der Waals surface area contributed by atoms with Crippen molar-refractivity contribution in [3.8, 4) is 5.75 Å². The quantitative estimate of drug-likeness (QED) is 0.348. The van der Waals surface area contributed by atoms with Gasteiger partial charge in [0.25, 0.3) is 0 Å². The average molecular weight is 482 g/mol. The molecule has 2 aromatic rings. The third kappa shape index (κ3) is 9.01. The van der Waals surface area contributed by atoms with Crippen LogP contribution in [0.3, 0.4) is 0 Å². The first-order chi connectivity index (χ1) is 15.7. The molecule has 1 fully saturated rings. The van der Waals surface area contributed by atoms with Crippen molar-refractivity contribution in [2.24, 2.45) is 0 Å². The normalized spacial score (nSPS) is 18.6. The van der Waals surface area contributed by atoms with E-state index in [-0.39, 0.29) is 11.3 Å². The largest absolute Gasteiger partial charge is 0.435 e. The van der Waals surface area contributed by atoms with Crippen molar-refractivity contribution in [3.05, 3.63) is 53.6 Å². The number of rotatable bonds is 8. The molecule has 1 aliphatic heterocycles. The number of carbonyl (C=O) groups excluding carboxylic acids is 1. The molecule has 1 heterocycles. The first kappa shape index (κ1) is 28.4. The number of nitrogens with one attached hydrogen (secondary N) is 3. The summed E-state index contributed by atoms with van der Waals surface area (Å²) in [6, 6.07) is 11.1. The molecule has 0 aromatic heterocycles. The predicted octanol–water partition coefficient (Wildman–Crippen LogP) is 5.37. The van der Waals surface area contributed by atoms with Crippen molar-refractivity contribution in [1.82, 2.24) is 5.32 Å². The molecule has 0 spiro atoms. The minimum atomic E-state index is -2.89. The SMILES string of the molecule is CC.CCC(=N)c1cc(C=O)ccc1Nc1cccc(OC(F)F)c1.CNC1(C)CS(=O)C1. The van der Waals surface area contributed by atoms with Crippen LogP contribution in [0.2, 0.25) is 0 Å². The lowest BCUT2D eigenvalue weighted by Gasteiger charge is -2.36. The van der Waals surface area contributed by atoms with E-state index in [1.165, 1.54) is 12.1 Å². The summed E-state index contributed by atoms with van der Waals surface area (Å²) in [7, 11) is 1.39. The summed E-state index contributed by atoms with van der Waals surface area (Å²) in [6.45, 7) is 5.05. The molecule has 0 radical (unpaired) electrons. The van der Waals surface area contributed by atoms with Crippen molar-refractivity contribution in [1.29, 1.82) is 5.41 Å². The van der Waals surface area contributed by atoms with Gasteiger partial charge in [-0.05, 0) is 50.7 Å². The van der Waals surface area contributed by atoms with E-state index < -0.39 is 17.4 Å². The monoisotopic (exact) mass is 481 g/mol. The molecular formula is C24H33F2N3O3S. The molecule has 0 bridgehead atoms. The summed E-state index contributed by atoms with van der Waals surface area (Å²) < 4.78 is 39.5. The van der Waals surface area contributed by atoms with Gasteiger partial charge in [-0.3, -0.25) is 9.00 Å². The average Bonchev–Trinajstić information content (AvgIpc) is 2.79. The van der Waals surface area contributed by atoms with Gasteiger partial charge < -0.3 is 20.8 Å². The van der Waals surface area contributed by atoms with Gasteiger partial charge in [0.15, 0.2) is 0 Å². The Balaban J connectivity index is 0.000000454. The number of aldehydes is 1. The third-order valence-electron chi connectivity index (χ3n) is 4.76.